The molecule has 0 saturated heterocycles. The summed E-state index contributed by atoms with van der Waals surface area (Å²) in [5.74, 6) is 1.71. The van der Waals surface area contributed by atoms with Crippen LogP contribution in [-0.2, 0) is 5.75 Å². The maximum atomic E-state index is 10.9. The molecule has 4 aromatic rings. The van der Waals surface area contributed by atoms with Crippen molar-refractivity contribution >= 4 is 35.3 Å². The van der Waals surface area contributed by atoms with Gasteiger partial charge >= 0.3 is 0 Å². The van der Waals surface area contributed by atoms with Gasteiger partial charge in [-0.2, -0.15) is 9.78 Å². The van der Waals surface area contributed by atoms with Crippen LogP contribution in [0.15, 0.2) is 81.7 Å². The fourth-order valence-electron chi connectivity index (χ4n) is 2.59. The van der Waals surface area contributed by atoms with Crippen LogP contribution >= 0.6 is 23.4 Å². The van der Waals surface area contributed by atoms with E-state index in [1.807, 2.05) is 24.3 Å². The average molecular weight is 440 g/mol. The molecular weight excluding hydrogens is 426 g/mol. The van der Waals surface area contributed by atoms with Gasteiger partial charge < -0.3 is 4.42 Å². The fraction of sp³-hybridized carbons (Fsp3) is 0.0500. The van der Waals surface area contributed by atoms with Crippen LogP contribution in [0.2, 0.25) is 5.02 Å². The lowest BCUT2D eigenvalue weighted by atomic mass is 10.1. The Morgan fingerprint density at radius 1 is 1.20 bits per heavy atom. The Balaban J connectivity index is 1.45. The first kappa shape index (κ1) is 19.9. The smallest absolute Gasteiger partial charge is 0.270 e. The summed E-state index contributed by atoms with van der Waals surface area (Å²) in [6, 6.07) is 17.3. The Morgan fingerprint density at radius 3 is 2.83 bits per heavy atom. The number of non-ortho nitro benzene ring substituents is 1. The van der Waals surface area contributed by atoms with Crippen molar-refractivity contribution in [1.82, 2.24) is 14.9 Å². The quantitative estimate of drug-likeness (QED) is 0.168. The van der Waals surface area contributed by atoms with Gasteiger partial charge in [-0.25, -0.2) is 0 Å². The SMILES string of the molecule is O=[N+]([O-])c1cccc(-c2ccc(/C=N/n3cnnc3SCc3ccc(Cl)cc3)o2)c1. The minimum absolute atomic E-state index is 0.00552. The molecule has 0 aliphatic heterocycles. The fourth-order valence-corrected chi connectivity index (χ4v) is 3.54. The minimum atomic E-state index is -0.440. The summed E-state index contributed by atoms with van der Waals surface area (Å²) in [6.07, 6.45) is 3.04. The van der Waals surface area contributed by atoms with Crippen molar-refractivity contribution in [3.8, 4) is 11.3 Å². The molecule has 4 rings (SSSR count). The third kappa shape index (κ3) is 4.76. The summed E-state index contributed by atoms with van der Waals surface area (Å²) in [6.45, 7) is 0. The predicted octanol–water partition coefficient (Wildman–Crippen LogP) is 5.27. The molecule has 0 spiro atoms. The molecule has 0 radical (unpaired) electrons. The number of furan rings is 1. The molecule has 0 aliphatic carbocycles. The number of nitrogens with zero attached hydrogens (tertiary/aromatic N) is 5. The van der Waals surface area contributed by atoms with E-state index in [0.29, 0.717) is 33.0 Å². The average Bonchev–Trinajstić information content (AvgIpc) is 3.41. The van der Waals surface area contributed by atoms with E-state index in [1.165, 1.54) is 36.4 Å². The number of thioether (sulfide) groups is 1. The van der Waals surface area contributed by atoms with Gasteiger partial charge in [-0.1, -0.05) is 47.6 Å². The second kappa shape index (κ2) is 8.93. The molecule has 2 aromatic heterocycles. The van der Waals surface area contributed by atoms with Crippen LogP contribution in [0.1, 0.15) is 11.3 Å². The lowest BCUT2D eigenvalue weighted by molar-refractivity contribution is -0.384. The first-order valence-electron chi connectivity index (χ1n) is 8.75. The number of hydrogen-bond donors (Lipinski definition) is 0. The van der Waals surface area contributed by atoms with Gasteiger partial charge in [-0.05, 0) is 29.8 Å². The van der Waals surface area contributed by atoms with Crippen molar-refractivity contribution < 1.29 is 9.34 Å². The van der Waals surface area contributed by atoms with Crippen LogP contribution in [0.3, 0.4) is 0 Å². The highest BCUT2D eigenvalue weighted by atomic mass is 35.5. The number of hydrogen-bond acceptors (Lipinski definition) is 7. The van der Waals surface area contributed by atoms with E-state index < -0.39 is 4.92 Å². The van der Waals surface area contributed by atoms with Gasteiger partial charge in [0.1, 0.15) is 17.8 Å². The van der Waals surface area contributed by atoms with E-state index in [4.69, 9.17) is 16.0 Å². The standard InChI is InChI=1S/C20H14ClN5O3S/c21-16-6-4-14(5-7-16)12-30-20-24-22-13-25(20)23-11-18-8-9-19(29-18)15-2-1-3-17(10-15)26(27)28/h1-11,13H,12H2/b23-11+. The summed E-state index contributed by atoms with van der Waals surface area (Å²) in [4.78, 5) is 10.5. The molecule has 0 unspecified atom stereocenters. The molecule has 0 amide bonds. The van der Waals surface area contributed by atoms with E-state index in [-0.39, 0.29) is 5.69 Å². The van der Waals surface area contributed by atoms with E-state index in [0.717, 1.165) is 5.56 Å². The molecule has 0 aliphatic rings. The summed E-state index contributed by atoms with van der Waals surface area (Å²) in [5.41, 5.74) is 1.73. The molecule has 8 nitrogen and oxygen atoms in total. The van der Waals surface area contributed by atoms with Gasteiger partial charge in [0, 0.05) is 28.5 Å². The summed E-state index contributed by atoms with van der Waals surface area (Å²) in [7, 11) is 0. The summed E-state index contributed by atoms with van der Waals surface area (Å²) in [5, 5.41) is 24.6. The van der Waals surface area contributed by atoms with Gasteiger partial charge in [0.2, 0.25) is 5.16 Å². The predicted molar refractivity (Wildman–Crippen MR) is 115 cm³/mol. The highest BCUT2D eigenvalue weighted by molar-refractivity contribution is 7.98. The van der Waals surface area contributed by atoms with Gasteiger partial charge in [0.05, 0.1) is 11.1 Å². The molecule has 0 N–H and O–H groups in total. The number of rotatable bonds is 7. The lowest BCUT2D eigenvalue weighted by Crippen LogP contribution is -1.92. The van der Waals surface area contributed by atoms with Gasteiger partial charge in [0.25, 0.3) is 5.69 Å². The van der Waals surface area contributed by atoms with Crippen molar-refractivity contribution in [1.29, 1.82) is 0 Å². The Kier molecular flexibility index (Phi) is 5.92. The van der Waals surface area contributed by atoms with Crippen molar-refractivity contribution in [2.45, 2.75) is 10.9 Å². The topological polar surface area (TPSA) is 99.3 Å². The highest BCUT2D eigenvalue weighted by Gasteiger charge is 2.10. The van der Waals surface area contributed by atoms with Crippen molar-refractivity contribution in [2.75, 3.05) is 0 Å². The van der Waals surface area contributed by atoms with Crippen molar-refractivity contribution in [3.05, 3.63) is 93.5 Å². The number of nitro groups is 1. The monoisotopic (exact) mass is 439 g/mol. The van der Waals surface area contributed by atoms with E-state index in [2.05, 4.69) is 15.3 Å². The molecular formula is C20H14ClN5O3S. The zero-order chi connectivity index (χ0) is 20.9. The van der Waals surface area contributed by atoms with Crippen molar-refractivity contribution in [2.24, 2.45) is 5.10 Å². The second-order valence-corrected chi connectivity index (χ2v) is 7.51. The van der Waals surface area contributed by atoms with Crippen LogP contribution < -0.4 is 0 Å². The zero-order valence-corrected chi connectivity index (χ0v) is 17.0. The molecule has 0 atom stereocenters. The molecule has 10 heteroatoms. The van der Waals surface area contributed by atoms with Crippen LogP contribution in [0.25, 0.3) is 11.3 Å². The maximum absolute atomic E-state index is 10.9. The molecule has 0 bridgehead atoms. The molecule has 2 aromatic carbocycles. The van der Waals surface area contributed by atoms with Gasteiger partial charge in [0.15, 0.2) is 0 Å². The van der Waals surface area contributed by atoms with E-state index in [9.17, 15) is 10.1 Å². The number of nitro benzene ring substituents is 1. The van der Waals surface area contributed by atoms with Crippen LogP contribution in [0.4, 0.5) is 5.69 Å². The Labute approximate surface area is 180 Å². The van der Waals surface area contributed by atoms with Crippen LogP contribution in [0, 0.1) is 10.1 Å². The number of aromatic nitrogens is 3. The van der Waals surface area contributed by atoms with Crippen LogP contribution in [-0.4, -0.2) is 26.0 Å². The molecule has 0 fully saturated rings. The summed E-state index contributed by atoms with van der Waals surface area (Å²) < 4.78 is 7.29. The largest absolute Gasteiger partial charge is 0.455 e. The maximum Gasteiger partial charge on any atom is 0.270 e. The molecule has 2 heterocycles. The number of benzene rings is 2. The molecule has 30 heavy (non-hydrogen) atoms. The second-order valence-electron chi connectivity index (χ2n) is 6.13. The minimum Gasteiger partial charge on any atom is -0.455 e. The third-order valence-corrected chi connectivity index (χ3v) is 5.32. The normalized spacial score (nSPS) is 11.2. The molecule has 150 valence electrons. The Bertz CT molecular complexity index is 1200. The number of halogens is 1. The summed E-state index contributed by atoms with van der Waals surface area (Å²) >= 11 is 7.40. The van der Waals surface area contributed by atoms with E-state index >= 15 is 0 Å². The van der Waals surface area contributed by atoms with E-state index in [1.54, 1.807) is 28.9 Å². The first-order valence-corrected chi connectivity index (χ1v) is 10.1. The first-order chi connectivity index (χ1) is 14.6. The highest BCUT2D eigenvalue weighted by Crippen LogP contribution is 2.25. The Morgan fingerprint density at radius 2 is 2.03 bits per heavy atom. The lowest BCUT2D eigenvalue weighted by Gasteiger charge is -2.01. The van der Waals surface area contributed by atoms with Gasteiger partial charge in [-0.3, -0.25) is 10.1 Å². The van der Waals surface area contributed by atoms with Gasteiger partial charge in [-0.15, -0.1) is 10.2 Å². The van der Waals surface area contributed by atoms with Crippen molar-refractivity contribution in [3.63, 3.8) is 0 Å². The molecule has 0 saturated carbocycles. The Hall–Kier alpha value is -3.43. The third-order valence-electron chi connectivity index (χ3n) is 4.06. The zero-order valence-electron chi connectivity index (χ0n) is 15.4. The van der Waals surface area contributed by atoms with Crippen LogP contribution in [0.5, 0.6) is 0 Å².